The Balaban J connectivity index is 2.03. The molecule has 5 nitrogen and oxygen atoms in total. The van der Waals surface area contributed by atoms with Crippen molar-refractivity contribution in [2.24, 2.45) is 0 Å². The summed E-state index contributed by atoms with van der Waals surface area (Å²) in [6.07, 6.45) is 0. The highest BCUT2D eigenvalue weighted by Crippen LogP contribution is 2.23. The van der Waals surface area contributed by atoms with E-state index in [9.17, 15) is 9.59 Å². The highest BCUT2D eigenvalue weighted by atomic mass is 79.9. The lowest BCUT2D eigenvalue weighted by molar-refractivity contribution is -0.140. The molecule has 0 radical (unpaired) electrons. The highest BCUT2D eigenvalue weighted by molar-refractivity contribution is 9.10. The molecule has 1 heterocycles. The van der Waals surface area contributed by atoms with Crippen molar-refractivity contribution >= 4 is 39.7 Å². The lowest BCUT2D eigenvalue weighted by Gasteiger charge is -2.27. The number of halogens is 1. The normalized spacial score (nSPS) is 18.1. The zero-order valence-electron chi connectivity index (χ0n) is 11.0. The summed E-state index contributed by atoms with van der Waals surface area (Å²) in [5.74, 6) is -0.0658. The van der Waals surface area contributed by atoms with Gasteiger partial charge in [0.2, 0.25) is 0 Å². The molecule has 1 aromatic carbocycles. The molecule has 0 bridgehead atoms. The molecule has 0 spiro atoms. The van der Waals surface area contributed by atoms with Crippen LogP contribution in [-0.2, 0) is 11.3 Å². The van der Waals surface area contributed by atoms with E-state index in [-0.39, 0.29) is 6.03 Å². The topological polar surface area (TPSA) is 60.9 Å². The summed E-state index contributed by atoms with van der Waals surface area (Å²) in [5.41, 5.74) is 0.994. The largest absolute Gasteiger partial charge is 0.480 e. The molecule has 1 aliphatic rings. The van der Waals surface area contributed by atoms with E-state index in [1.807, 2.05) is 24.3 Å². The van der Waals surface area contributed by atoms with Gasteiger partial charge in [0, 0.05) is 23.8 Å². The first-order chi connectivity index (χ1) is 9.49. The lowest BCUT2D eigenvalue weighted by atomic mass is 10.2. The van der Waals surface area contributed by atoms with Crippen molar-refractivity contribution in [2.75, 3.05) is 18.7 Å². The fraction of sp³-hybridized carbons (Fsp3) is 0.385. The first-order valence-electron chi connectivity index (χ1n) is 6.06. The van der Waals surface area contributed by atoms with Crippen molar-refractivity contribution in [1.29, 1.82) is 0 Å². The van der Waals surface area contributed by atoms with E-state index in [2.05, 4.69) is 15.9 Å². The molecule has 1 saturated heterocycles. The highest BCUT2D eigenvalue weighted by Gasteiger charge is 2.35. The molecule has 108 valence electrons. The second-order valence-corrected chi connectivity index (χ2v) is 6.51. The number of carbonyl (C=O) groups is 2. The van der Waals surface area contributed by atoms with Gasteiger partial charge in [0.25, 0.3) is 0 Å². The Kier molecular flexibility index (Phi) is 4.93. The Hall–Kier alpha value is -1.21. The van der Waals surface area contributed by atoms with Gasteiger partial charge in [-0.05, 0) is 17.7 Å². The van der Waals surface area contributed by atoms with Crippen molar-refractivity contribution in [3.8, 4) is 0 Å². The number of carbonyl (C=O) groups excluding carboxylic acids is 1. The molecule has 2 rings (SSSR count). The van der Waals surface area contributed by atoms with E-state index in [0.29, 0.717) is 18.2 Å². The smallest absolute Gasteiger partial charge is 0.327 e. The van der Waals surface area contributed by atoms with Crippen LogP contribution in [0.25, 0.3) is 0 Å². The fourth-order valence-electron chi connectivity index (χ4n) is 2.03. The maximum absolute atomic E-state index is 12.3. The van der Waals surface area contributed by atoms with Crippen LogP contribution >= 0.6 is 27.7 Å². The van der Waals surface area contributed by atoms with Crippen LogP contribution in [-0.4, -0.2) is 51.6 Å². The Morgan fingerprint density at radius 1 is 1.55 bits per heavy atom. The molecular weight excluding hydrogens is 344 g/mol. The summed E-state index contributed by atoms with van der Waals surface area (Å²) in [7, 11) is 1.69. The average Bonchev–Trinajstić information content (AvgIpc) is 2.87. The number of hydrogen-bond donors (Lipinski definition) is 1. The van der Waals surface area contributed by atoms with Gasteiger partial charge in [0.15, 0.2) is 0 Å². The maximum Gasteiger partial charge on any atom is 0.327 e. The number of aliphatic carboxylic acids is 1. The molecule has 1 fully saturated rings. The van der Waals surface area contributed by atoms with Gasteiger partial charge in [-0.3, -0.25) is 0 Å². The van der Waals surface area contributed by atoms with E-state index < -0.39 is 12.0 Å². The van der Waals surface area contributed by atoms with Crippen LogP contribution in [0.2, 0.25) is 0 Å². The van der Waals surface area contributed by atoms with Gasteiger partial charge in [0.05, 0.1) is 5.88 Å². The minimum Gasteiger partial charge on any atom is -0.480 e. The first kappa shape index (κ1) is 15.2. The van der Waals surface area contributed by atoms with Crippen LogP contribution in [0.1, 0.15) is 5.56 Å². The molecular formula is C13H15BrN2O3S. The second-order valence-electron chi connectivity index (χ2n) is 4.59. The third-order valence-corrected chi connectivity index (χ3v) is 4.55. The Morgan fingerprint density at radius 2 is 2.30 bits per heavy atom. The van der Waals surface area contributed by atoms with Gasteiger partial charge in [-0.1, -0.05) is 28.1 Å². The molecule has 1 aromatic rings. The third-order valence-electron chi connectivity index (χ3n) is 3.05. The second kappa shape index (κ2) is 6.49. The van der Waals surface area contributed by atoms with E-state index in [4.69, 9.17) is 5.11 Å². The molecule has 2 amide bonds. The minimum absolute atomic E-state index is 0.248. The summed E-state index contributed by atoms with van der Waals surface area (Å²) in [4.78, 5) is 26.4. The fourth-order valence-corrected chi connectivity index (χ4v) is 3.62. The van der Waals surface area contributed by atoms with E-state index >= 15 is 0 Å². The van der Waals surface area contributed by atoms with Crippen LogP contribution < -0.4 is 0 Å². The van der Waals surface area contributed by atoms with Gasteiger partial charge in [-0.25, -0.2) is 9.59 Å². The van der Waals surface area contributed by atoms with Crippen molar-refractivity contribution in [3.05, 3.63) is 34.3 Å². The number of urea groups is 1. The van der Waals surface area contributed by atoms with Gasteiger partial charge in [-0.15, -0.1) is 11.8 Å². The molecule has 0 aliphatic carbocycles. The van der Waals surface area contributed by atoms with Gasteiger partial charge >= 0.3 is 12.0 Å². The zero-order chi connectivity index (χ0) is 14.7. The Morgan fingerprint density at radius 3 is 2.95 bits per heavy atom. The zero-order valence-corrected chi connectivity index (χ0v) is 13.4. The SMILES string of the molecule is CN(Cc1cccc(Br)c1)C(=O)N1CSCC1C(=O)O. The van der Waals surface area contributed by atoms with Crippen molar-refractivity contribution < 1.29 is 14.7 Å². The van der Waals surface area contributed by atoms with Gasteiger partial charge in [0.1, 0.15) is 6.04 Å². The Labute approximate surface area is 130 Å². The summed E-state index contributed by atoms with van der Waals surface area (Å²) < 4.78 is 0.955. The average molecular weight is 359 g/mol. The lowest BCUT2D eigenvalue weighted by Crippen LogP contribution is -2.47. The molecule has 1 atom stereocenters. The number of benzene rings is 1. The molecule has 0 saturated carbocycles. The van der Waals surface area contributed by atoms with Crippen LogP contribution in [0.4, 0.5) is 4.79 Å². The van der Waals surface area contributed by atoms with Gasteiger partial charge in [-0.2, -0.15) is 0 Å². The molecule has 1 N–H and O–H groups in total. The van der Waals surface area contributed by atoms with Gasteiger partial charge < -0.3 is 14.9 Å². The number of nitrogens with zero attached hydrogens (tertiary/aromatic N) is 2. The first-order valence-corrected chi connectivity index (χ1v) is 8.00. The van der Waals surface area contributed by atoms with Crippen LogP contribution in [0.3, 0.4) is 0 Å². The number of carboxylic acid groups (broad SMARTS) is 1. The van der Waals surface area contributed by atoms with Crippen molar-refractivity contribution in [3.63, 3.8) is 0 Å². The molecule has 1 unspecified atom stereocenters. The van der Waals surface area contributed by atoms with Crippen LogP contribution in [0.15, 0.2) is 28.7 Å². The molecule has 1 aliphatic heterocycles. The molecule has 20 heavy (non-hydrogen) atoms. The summed E-state index contributed by atoms with van der Waals surface area (Å²) in [6, 6.07) is 6.73. The van der Waals surface area contributed by atoms with Crippen LogP contribution in [0.5, 0.6) is 0 Å². The standard InChI is InChI=1S/C13H15BrN2O3S/c1-15(6-9-3-2-4-10(14)5-9)13(19)16-8-20-7-11(16)12(17)18/h2-5,11H,6-8H2,1H3,(H,17,18). The number of thioether (sulfide) groups is 1. The van der Waals surface area contributed by atoms with E-state index in [1.54, 1.807) is 11.9 Å². The van der Waals surface area contributed by atoms with Crippen molar-refractivity contribution in [2.45, 2.75) is 12.6 Å². The Bertz CT molecular complexity index is 526. The monoisotopic (exact) mass is 358 g/mol. The van der Waals surface area contributed by atoms with Crippen LogP contribution in [0, 0.1) is 0 Å². The molecule has 7 heteroatoms. The maximum atomic E-state index is 12.3. The van der Waals surface area contributed by atoms with E-state index in [1.165, 1.54) is 16.7 Å². The predicted octanol–water partition coefficient (Wildman–Crippen LogP) is 2.46. The summed E-state index contributed by atoms with van der Waals surface area (Å²) in [6.45, 7) is 0.450. The number of hydrogen-bond acceptors (Lipinski definition) is 3. The quantitative estimate of drug-likeness (QED) is 0.901. The number of amides is 2. The van der Waals surface area contributed by atoms with E-state index in [0.717, 1.165) is 10.0 Å². The number of rotatable bonds is 3. The molecule has 0 aromatic heterocycles. The third kappa shape index (κ3) is 3.46. The minimum atomic E-state index is -0.945. The van der Waals surface area contributed by atoms with Crippen molar-refractivity contribution in [1.82, 2.24) is 9.80 Å². The predicted molar refractivity (Wildman–Crippen MR) is 81.6 cm³/mol. The summed E-state index contributed by atoms with van der Waals surface area (Å²) in [5, 5.41) is 9.11. The summed E-state index contributed by atoms with van der Waals surface area (Å²) >= 11 is 4.85. The number of carboxylic acids is 1.